The van der Waals surface area contributed by atoms with Gasteiger partial charge < -0.3 is 4.42 Å². The number of para-hydroxylation sites is 1. The highest BCUT2D eigenvalue weighted by molar-refractivity contribution is 7.26. The molecule has 262 valence electrons. The molecule has 0 atom stereocenters. The molecule has 0 aliphatic heterocycles. The van der Waals surface area contributed by atoms with Crippen molar-refractivity contribution >= 4 is 53.6 Å². The van der Waals surface area contributed by atoms with E-state index in [4.69, 9.17) is 29.3 Å². The zero-order chi connectivity index (χ0) is 37.0. The molecule has 11 rings (SSSR count). The van der Waals surface area contributed by atoms with Gasteiger partial charge in [-0.25, -0.2) is 24.9 Å². The van der Waals surface area contributed by atoms with Crippen LogP contribution in [0.25, 0.3) is 110 Å². The van der Waals surface area contributed by atoms with Gasteiger partial charge in [0.15, 0.2) is 28.9 Å². The van der Waals surface area contributed by atoms with Gasteiger partial charge in [-0.2, -0.15) is 0 Å². The summed E-state index contributed by atoms with van der Waals surface area (Å²) in [5, 5.41) is 3.29. The lowest BCUT2D eigenvalue weighted by atomic mass is 10.0. The highest BCUT2D eigenvalue weighted by Crippen LogP contribution is 2.42. The van der Waals surface area contributed by atoms with Gasteiger partial charge in [-0.1, -0.05) is 152 Å². The van der Waals surface area contributed by atoms with Crippen LogP contribution in [-0.2, 0) is 0 Å². The molecule has 6 nitrogen and oxygen atoms in total. The van der Waals surface area contributed by atoms with Crippen molar-refractivity contribution < 1.29 is 4.42 Å². The molecule has 0 unspecified atom stereocenters. The number of benzene rings is 7. The van der Waals surface area contributed by atoms with Gasteiger partial charge in [-0.05, 0) is 35.4 Å². The summed E-state index contributed by atoms with van der Waals surface area (Å²) in [6, 6.07) is 60.0. The molecule has 0 N–H and O–H groups in total. The number of fused-ring (bicyclic) bond motifs is 6. The van der Waals surface area contributed by atoms with Gasteiger partial charge in [0, 0.05) is 53.4 Å². The van der Waals surface area contributed by atoms with Crippen molar-refractivity contribution in [1.29, 1.82) is 0 Å². The van der Waals surface area contributed by atoms with Crippen LogP contribution < -0.4 is 0 Å². The van der Waals surface area contributed by atoms with Crippen molar-refractivity contribution in [3.8, 4) is 67.9 Å². The third-order valence-electron chi connectivity index (χ3n) is 10.2. The van der Waals surface area contributed by atoms with Gasteiger partial charge in [0.25, 0.3) is 0 Å². The highest BCUT2D eigenvalue weighted by Gasteiger charge is 2.19. The van der Waals surface area contributed by atoms with Crippen molar-refractivity contribution in [2.24, 2.45) is 0 Å². The Morgan fingerprint density at radius 3 is 1.66 bits per heavy atom. The molecule has 56 heavy (non-hydrogen) atoms. The fourth-order valence-electron chi connectivity index (χ4n) is 7.44. The van der Waals surface area contributed by atoms with Gasteiger partial charge >= 0.3 is 0 Å². The lowest BCUT2D eigenvalue weighted by molar-refractivity contribution is 0.667. The van der Waals surface area contributed by atoms with Crippen molar-refractivity contribution in [2.45, 2.75) is 0 Å². The Kier molecular flexibility index (Phi) is 7.57. The SMILES string of the molecule is c1ccc(-c2nc(-c3ccccc3)nc(-c3cccc4sc5cc(-c6ccc(-c7nc(-c8ccccc8)c8oc9ccccc9c8n7)cc6)ccc5c34)n2)cc1. The molecule has 11 aromatic rings. The average molecular weight is 736 g/mol. The molecule has 7 heteroatoms. The maximum absolute atomic E-state index is 6.31. The number of rotatable bonds is 6. The summed E-state index contributed by atoms with van der Waals surface area (Å²) in [4.78, 5) is 25.1. The summed E-state index contributed by atoms with van der Waals surface area (Å²) in [5.41, 5.74) is 10.1. The fourth-order valence-corrected chi connectivity index (χ4v) is 8.62. The normalized spacial score (nSPS) is 11.6. The summed E-state index contributed by atoms with van der Waals surface area (Å²) in [5.74, 6) is 2.61. The predicted octanol–water partition coefficient (Wildman–Crippen LogP) is 12.9. The maximum atomic E-state index is 6.31. The molecule has 0 spiro atoms. The van der Waals surface area contributed by atoms with E-state index in [-0.39, 0.29) is 0 Å². The van der Waals surface area contributed by atoms with E-state index in [2.05, 4.69) is 78.9 Å². The summed E-state index contributed by atoms with van der Waals surface area (Å²) < 4.78 is 8.69. The molecule has 0 aliphatic carbocycles. The van der Waals surface area contributed by atoms with Crippen molar-refractivity contribution in [2.75, 3.05) is 0 Å². The van der Waals surface area contributed by atoms with Crippen molar-refractivity contribution in [3.05, 3.63) is 176 Å². The monoisotopic (exact) mass is 735 g/mol. The quantitative estimate of drug-likeness (QED) is 0.169. The molecule has 0 bridgehead atoms. The van der Waals surface area contributed by atoms with Crippen LogP contribution in [0.4, 0.5) is 0 Å². The number of furan rings is 1. The first-order valence-corrected chi connectivity index (χ1v) is 19.2. The molecule has 7 aromatic carbocycles. The topological polar surface area (TPSA) is 77.6 Å². The Hall–Kier alpha value is -7.35. The maximum Gasteiger partial charge on any atom is 0.180 e. The molecular weight excluding hydrogens is 707 g/mol. The number of nitrogens with zero attached hydrogens (tertiary/aromatic N) is 5. The lowest BCUT2D eigenvalue weighted by Crippen LogP contribution is -2.00. The van der Waals surface area contributed by atoms with Crippen LogP contribution in [0.5, 0.6) is 0 Å². The summed E-state index contributed by atoms with van der Waals surface area (Å²) in [6.07, 6.45) is 0. The molecule has 0 saturated carbocycles. The minimum absolute atomic E-state index is 0.649. The Morgan fingerprint density at radius 1 is 0.375 bits per heavy atom. The fraction of sp³-hybridized carbons (Fsp3) is 0. The van der Waals surface area contributed by atoms with E-state index in [1.807, 2.05) is 97.1 Å². The molecule has 4 heterocycles. The van der Waals surface area contributed by atoms with E-state index in [0.717, 1.165) is 66.5 Å². The summed E-state index contributed by atoms with van der Waals surface area (Å²) in [6.45, 7) is 0. The van der Waals surface area contributed by atoms with Crippen LogP contribution in [0.3, 0.4) is 0 Å². The second-order valence-electron chi connectivity index (χ2n) is 13.6. The van der Waals surface area contributed by atoms with Gasteiger partial charge in [0.2, 0.25) is 0 Å². The van der Waals surface area contributed by atoms with E-state index in [1.54, 1.807) is 11.3 Å². The summed E-state index contributed by atoms with van der Waals surface area (Å²) in [7, 11) is 0. The first-order valence-electron chi connectivity index (χ1n) is 18.4. The molecule has 0 radical (unpaired) electrons. The zero-order valence-corrected chi connectivity index (χ0v) is 30.6. The van der Waals surface area contributed by atoms with Crippen LogP contribution in [0.2, 0.25) is 0 Å². The van der Waals surface area contributed by atoms with E-state index in [1.165, 1.54) is 14.8 Å². The largest absolute Gasteiger partial charge is 0.452 e. The Bertz CT molecular complexity index is 3180. The Labute approximate surface area is 325 Å². The smallest absolute Gasteiger partial charge is 0.180 e. The number of hydrogen-bond acceptors (Lipinski definition) is 7. The minimum Gasteiger partial charge on any atom is -0.452 e. The predicted molar refractivity (Wildman–Crippen MR) is 228 cm³/mol. The van der Waals surface area contributed by atoms with Gasteiger partial charge in [-0.3, -0.25) is 0 Å². The van der Waals surface area contributed by atoms with Crippen LogP contribution >= 0.6 is 11.3 Å². The molecule has 0 saturated heterocycles. The summed E-state index contributed by atoms with van der Waals surface area (Å²) >= 11 is 1.78. The second-order valence-corrected chi connectivity index (χ2v) is 14.7. The molecule has 0 amide bonds. The third kappa shape index (κ3) is 5.52. The minimum atomic E-state index is 0.649. The Morgan fingerprint density at radius 2 is 0.946 bits per heavy atom. The number of aromatic nitrogens is 5. The van der Waals surface area contributed by atoms with Gasteiger partial charge in [0.1, 0.15) is 16.8 Å². The first-order chi connectivity index (χ1) is 27.7. The van der Waals surface area contributed by atoms with Crippen LogP contribution in [0.15, 0.2) is 180 Å². The molecule has 4 aromatic heterocycles. The van der Waals surface area contributed by atoms with Crippen molar-refractivity contribution in [3.63, 3.8) is 0 Å². The lowest BCUT2D eigenvalue weighted by Gasteiger charge is -2.09. The molecular formula is C49H29N5OS. The molecule has 0 aliphatic rings. The standard InChI is InChI=1S/C49H29N5OS/c1-4-13-31(14-5-1)43-45-44(36-19-10-11-21-39(36)55-45)51-46(50-43)34-25-23-30(24-26-34)35-27-28-37-41(29-35)56-40-22-12-20-38(42(37)40)49-53-47(32-15-6-2-7-16-32)52-48(54-49)33-17-8-3-9-18-33/h1-29H. The highest BCUT2D eigenvalue weighted by atomic mass is 32.1. The average Bonchev–Trinajstić information content (AvgIpc) is 3.85. The number of hydrogen-bond donors (Lipinski definition) is 0. The van der Waals surface area contributed by atoms with E-state index in [0.29, 0.717) is 28.9 Å². The van der Waals surface area contributed by atoms with Crippen molar-refractivity contribution in [1.82, 2.24) is 24.9 Å². The molecule has 0 fully saturated rings. The van der Waals surface area contributed by atoms with Gasteiger partial charge in [-0.15, -0.1) is 11.3 Å². The van der Waals surface area contributed by atoms with Crippen LogP contribution in [0, 0.1) is 0 Å². The second kappa shape index (κ2) is 13.2. The first kappa shape index (κ1) is 32.1. The van der Waals surface area contributed by atoms with E-state index < -0.39 is 0 Å². The van der Waals surface area contributed by atoms with Crippen LogP contribution in [-0.4, -0.2) is 24.9 Å². The number of thiophene rings is 1. The van der Waals surface area contributed by atoms with Crippen LogP contribution in [0.1, 0.15) is 0 Å². The van der Waals surface area contributed by atoms with Gasteiger partial charge in [0.05, 0.1) is 0 Å². The Balaban J connectivity index is 0.988. The van der Waals surface area contributed by atoms with E-state index >= 15 is 0 Å². The van der Waals surface area contributed by atoms with E-state index in [9.17, 15) is 0 Å². The zero-order valence-electron chi connectivity index (χ0n) is 29.8. The third-order valence-corrected chi connectivity index (χ3v) is 11.3.